The van der Waals surface area contributed by atoms with Crippen molar-refractivity contribution >= 4 is 27.5 Å². The maximum atomic E-state index is 12.6. The topological polar surface area (TPSA) is 43.6 Å². The first-order chi connectivity index (χ1) is 12.6. The largest absolute Gasteiger partial charge is 0.380 e. The van der Waals surface area contributed by atoms with Crippen LogP contribution in [0.4, 0.5) is 0 Å². The Labute approximate surface area is 157 Å². The van der Waals surface area contributed by atoms with E-state index in [4.69, 9.17) is 4.74 Å². The number of ether oxygens (including phenoxy) is 1. The minimum Gasteiger partial charge on any atom is -0.380 e. The molecule has 0 saturated carbocycles. The Morgan fingerprint density at radius 1 is 1.19 bits per heavy atom. The number of aryl methyl sites for hydroxylation is 2. The Bertz CT molecular complexity index is 985. The number of rotatable bonds is 6. The highest BCUT2D eigenvalue weighted by Crippen LogP contribution is 2.17. The van der Waals surface area contributed by atoms with Gasteiger partial charge in [0, 0.05) is 13.2 Å². The normalized spacial score (nSPS) is 12.0. The van der Waals surface area contributed by atoms with Gasteiger partial charge in [0.05, 0.1) is 23.2 Å². The quantitative estimate of drug-likeness (QED) is 0.617. The number of hydrogen-bond donors (Lipinski definition) is 0. The molecule has 0 aliphatic heterocycles. The molecule has 1 heterocycles. The minimum absolute atomic E-state index is 0.117. The Hall–Kier alpha value is -2.24. The van der Waals surface area contributed by atoms with Crippen molar-refractivity contribution in [1.29, 1.82) is 0 Å². The molecule has 5 heteroatoms. The molecule has 3 rings (SSSR count). The number of hydrogen-bond acceptors (Lipinski definition) is 3. The van der Waals surface area contributed by atoms with Crippen LogP contribution in [-0.4, -0.2) is 23.7 Å². The maximum Gasteiger partial charge on any atom is 0.252 e. The van der Waals surface area contributed by atoms with Crippen molar-refractivity contribution in [2.45, 2.75) is 33.7 Å². The van der Waals surface area contributed by atoms with Crippen molar-refractivity contribution in [2.75, 3.05) is 13.2 Å². The third kappa shape index (κ3) is 4.29. The molecule has 0 bridgehead atoms. The zero-order chi connectivity index (χ0) is 18.5. The molecule has 0 aliphatic carbocycles. The van der Waals surface area contributed by atoms with Gasteiger partial charge in [0.1, 0.15) is 0 Å². The molecule has 3 aromatic rings. The summed E-state index contributed by atoms with van der Waals surface area (Å²) in [6.45, 7) is 8.05. The molecule has 0 spiro atoms. The minimum atomic E-state index is -0.117. The highest BCUT2D eigenvalue weighted by molar-refractivity contribution is 7.16. The lowest BCUT2D eigenvalue weighted by Crippen LogP contribution is -2.20. The van der Waals surface area contributed by atoms with Gasteiger partial charge in [-0.05, 0) is 44.0 Å². The molecule has 0 atom stereocenters. The smallest absolute Gasteiger partial charge is 0.252 e. The second-order valence-electron chi connectivity index (χ2n) is 6.31. The highest BCUT2D eigenvalue weighted by Gasteiger charge is 2.09. The van der Waals surface area contributed by atoms with Gasteiger partial charge in [-0.1, -0.05) is 47.2 Å². The van der Waals surface area contributed by atoms with Crippen LogP contribution in [0.3, 0.4) is 0 Å². The van der Waals surface area contributed by atoms with Crippen LogP contribution in [0.5, 0.6) is 0 Å². The summed E-state index contributed by atoms with van der Waals surface area (Å²) in [4.78, 5) is 17.7. The van der Waals surface area contributed by atoms with Crippen LogP contribution in [0.1, 0.15) is 23.6 Å². The number of thiazole rings is 1. The molecule has 2 aromatic carbocycles. The fourth-order valence-electron chi connectivity index (χ4n) is 2.98. The fourth-order valence-corrected chi connectivity index (χ4v) is 4.05. The first kappa shape index (κ1) is 18.5. The van der Waals surface area contributed by atoms with E-state index in [1.807, 2.05) is 38.1 Å². The molecule has 1 aromatic heterocycles. The fraction of sp³-hybridized carbons (Fsp3) is 0.333. The summed E-state index contributed by atoms with van der Waals surface area (Å²) in [6.07, 6.45) is 0.325. The Kier molecular flexibility index (Phi) is 6.01. The Morgan fingerprint density at radius 3 is 2.77 bits per heavy atom. The number of nitrogens with zero attached hydrogens (tertiary/aromatic N) is 2. The maximum absolute atomic E-state index is 12.6. The average molecular weight is 369 g/mol. The number of benzene rings is 2. The Morgan fingerprint density at radius 2 is 2.00 bits per heavy atom. The number of aromatic nitrogens is 1. The first-order valence-corrected chi connectivity index (χ1v) is 9.70. The van der Waals surface area contributed by atoms with Crippen molar-refractivity contribution in [3.63, 3.8) is 0 Å². The van der Waals surface area contributed by atoms with E-state index >= 15 is 0 Å². The molecule has 0 radical (unpaired) electrons. The lowest BCUT2D eigenvalue weighted by Gasteiger charge is -2.06. The third-order valence-electron chi connectivity index (χ3n) is 4.31. The van der Waals surface area contributed by atoms with Gasteiger partial charge in [-0.25, -0.2) is 0 Å². The standard InChI is InChI=1S/C21H24N2O2S/c1-4-25-12-11-23-18-7-5-6-8-19(18)26-21(23)22-20(24)14-17-10-9-15(2)13-16(17)3/h5-10,13H,4,11-12,14H2,1-3H3. The predicted molar refractivity (Wildman–Crippen MR) is 106 cm³/mol. The number of para-hydroxylation sites is 1. The van der Waals surface area contributed by atoms with E-state index in [1.54, 1.807) is 11.3 Å². The molecule has 136 valence electrons. The van der Waals surface area contributed by atoms with Gasteiger partial charge in [-0.2, -0.15) is 4.99 Å². The van der Waals surface area contributed by atoms with Gasteiger partial charge in [-0.15, -0.1) is 0 Å². The van der Waals surface area contributed by atoms with Crippen molar-refractivity contribution < 1.29 is 9.53 Å². The average Bonchev–Trinajstić information content (AvgIpc) is 2.95. The van der Waals surface area contributed by atoms with Crippen LogP contribution in [-0.2, 0) is 22.5 Å². The molecule has 0 fully saturated rings. The van der Waals surface area contributed by atoms with E-state index in [9.17, 15) is 4.79 Å². The van der Waals surface area contributed by atoms with Gasteiger partial charge >= 0.3 is 0 Å². The van der Waals surface area contributed by atoms with E-state index < -0.39 is 0 Å². The van der Waals surface area contributed by atoms with Gasteiger partial charge < -0.3 is 9.30 Å². The molecule has 4 nitrogen and oxygen atoms in total. The summed E-state index contributed by atoms with van der Waals surface area (Å²) >= 11 is 1.55. The van der Waals surface area contributed by atoms with E-state index in [0.29, 0.717) is 26.2 Å². The summed E-state index contributed by atoms with van der Waals surface area (Å²) in [5.41, 5.74) is 4.46. The summed E-state index contributed by atoms with van der Waals surface area (Å²) in [5.74, 6) is -0.117. The summed E-state index contributed by atoms with van der Waals surface area (Å²) in [6, 6.07) is 14.3. The van der Waals surface area contributed by atoms with E-state index in [-0.39, 0.29) is 5.91 Å². The lowest BCUT2D eigenvalue weighted by molar-refractivity contribution is -0.117. The molecule has 0 saturated heterocycles. The summed E-state index contributed by atoms with van der Waals surface area (Å²) in [7, 11) is 0. The zero-order valence-electron chi connectivity index (χ0n) is 15.5. The molecule has 1 amide bonds. The predicted octanol–water partition coefficient (Wildman–Crippen LogP) is 4.03. The van der Waals surface area contributed by atoms with Crippen LogP contribution in [0.2, 0.25) is 0 Å². The molecular weight excluding hydrogens is 344 g/mol. The van der Waals surface area contributed by atoms with Crippen LogP contribution >= 0.6 is 11.3 Å². The highest BCUT2D eigenvalue weighted by atomic mass is 32.1. The van der Waals surface area contributed by atoms with E-state index in [1.165, 1.54) is 5.56 Å². The van der Waals surface area contributed by atoms with Gasteiger partial charge in [-0.3, -0.25) is 4.79 Å². The van der Waals surface area contributed by atoms with Crippen LogP contribution in [0, 0.1) is 13.8 Å². The molecular formula is C21H24N2O2S. The lowest BCUT2D eigenvalue weighted by atomic mass is 10.0. The van der Waals surface area contributed by atoms with Crippen molar-refractivity contribution in [3.05, 3.63) is 64.0 Å². The van der Waals surface area contributed by atoms with Crippen LogP contribution in [0.25, 0.3) is 10.2 Å². The number of carbonyl (C=O) groups is 1. The number of carbonyl (C=O) groups excluding carboxylic acids is 1. The van der Waals surface area contributed by atoms with Crippen molar-refractivity contribution in [1.82, 2.24) is 4.57 Å². The van der Waals surface area contributed by atoms with Crippen LogP contribution in [0.15, 0.2) is 47.5 Å². The molecule has 0 unspecified atom stereocenters. The summed E-state index contributed by atoms with van der Waals surface area (Å²) < 4.78 is 8.70. The van der Waals surface area contributed by atoms with Gasteiger partial charge in [0.25, 0.3) is 5.91 Å². The molecule has 0 aliphatic rings. The number of fused-ring (bicyclic) bond motifs is 1. The molecule has 0 N–H and O–H groups in total. The van der Waals surface area contributed by atoms with E-state index in [2.05, 4.69) is 34.7 Å². The second-order valence-corrected chi connectivity index (χ2v) is 7.32. The Balaban J connectivity index is 1.92. The second kappa shape index (κ2) is 8.43. The van der Waals surface area contributed by atoms with Crippen molar-refractivity contribution in [2.24, 2.45) is 4.99 Å². The first-order valence-electron chi connectivity index (χ1n) is 8.88. The van der Waals surface area contributed by atoms with Gasteiger partial charge in [0.15, 0.2) is 4.80 Å². The monoisotopic (exact) mass is 368 g/mol. The third-order valence-corrected chi connectivity index (χ3v) is 5.37. The molecule has 26 heavy (non-hydrogen) atoms. The van der Waals surface area contributed by atoms with Crippen LogP contribution < -0.4 is 4.80 Å². The number of amides is 1. The zero-order valence-corrected chi connectivity index (χ0v) is 16.3. The van der Waals surface area contributed by atoms with Crippen molar-refractivity contribution in [3.8, 4) is 0 Å². The van der Waals surface area contributed by atoms with Gasteiger partial charge in [0.2, 0.25) is 0 Å². The van der Waals surface area contributed by atoms with E-state index in [0.717, 1.165) is 26.1 Å². The SMILES string of the molecule is CCOCCn1c(=NC(=O)Cc2ccc(C)cc2C)sc2ccccc21. The summed E-state index contributed by atoms with van der Waals surface area (Å²) in [5, 5.41) is 0.